The number of carbonyl (C=O) groups is 6. The van der Waals surface area contributed by atoms with E-state index in [2.05, 4.69) is 52.5 Å². The largest absolute Gasteiger partial charge is 0.369 e. The van der Waals surface area contributed by atoms with Crippen molar-refractivity contribution in [3.8, 4) is 0 Å². The summed E-state index contributed by atoms with van der Waals surface area (Å²) in [5, 5.41) is 36.3. The van der Waals surface area contributed by atoms with Crippen LogP contribution in [0.15, 0.2) is 103 Å². The SMILES string of the molecule is CN[C@@H](C)C(=O)N[C@H]1CC[C@@H](n2cc(COCc3cn([C@@H]4CC[C@H](NC(=O)[C@H](C)NC)C(=O)N5[C@H](CC[C@H]5C(=O)NC(c5ccccc5)c5ccccc5)C4)nn3)nn2)C[C@H]2CC[C@@H](C(=O)NC(C)c3ccccc3)N2C1=O. The van der Waals surface area contributed by atoms with Crippen molar-refractivity contribution in [3.63, 3.8) is 0 Å². The first-order valence-corrected chi connectivity index (χ1v) is 27.5. The summed E-state index contributed by atoms with van der Waals surface area (Å²) in [5.74, 6) is -1.62. The van der Waals surface area contributed by atoms with Crippen molar-refractivity contribution in [2.45, 2.75) is 171 Å². The molecule has 4 aliphatic rings. The van der Waals surface area contributed by atoms with Crippen LogP contribution >= 0.6 is 0 Å². The van der Waals surface area contributed by atoms with Gasteiger partial charge in [0.2, 0.25) is 35.4 Å². The van der Waals surface area contributed by atoms with Gasteiger partial charge in [0.25, 0.3) is 0 Å². The summed E-state index contributed by atoms with van der Waals surface area (Å²) in [5.41, 5.74) is 3.98. The molecule has 3 aromatic carbocycles. The van der Waals surface area contributed by atoms with Gasteiger partial charge in [-0.3, -0.25) is 28.8 Å². The van der Waals surface area contributed by atoms with Gasteiger partial charge in [0.15, 0.2) is 0 Å². The third-order valence-corrected chi connectivity index (χ3v) is 16.2. The lowest BCUT2D eigenvalue weighted by atomic mass is 9.94. The molecule has 6 heterocycles. The van der Waals surface area contributed by atoms with Crippen molar-refractivity contribution in [3.05, 3.63) is 131 Å². The number of ether oxygens (including phenoxy) is 1. The van der Waals surface area contributed by atoms with Gasteiger partial charge in [-0.1, -0.05) is 101 Å². The number of amides is 6. The van der Waals surface area contributed by atoms with Gasteiger partial charge >= 0.3 is 0 Å². The molecule has 5 aromatic rings. The maximum atomic E-state index is 14.6. The number of aromatic nitrogens is 6. The molecule has 9 rings (SSSR count). The van der Waals surface area contributed by atoms with Crippen molar-refractivity contribution in [1.82, 2.24) is 71.7 Å². The summed E-state index contributed by atoms with van der Waals surface area (Å²) < 4.78 is 9.78. The molecule has 21 nitrogen and oxygen atoms in total. The smallest absolute Gasteiger partial charge is 0.246 e. The van der Waals surface area contributed by atoms with E-state index >= 15 is 0 Å². The van der Waals surface area contributed by atoms with E-state index in [9.17, 15) is 28.8 Å². The van der Waals surface area contributed by atoms with Crippen LogP contribution < -0.4 is 31.9 Å². The molecule has 4 fully saturated rings. The van der Waals surface area contributed by atoms with Gasteiger partial charge in [-0.15, -0.1) is 10.2 Å². The van der Waals surface area contributed by atoms with Crippen LogP contribution in [0.3, 0.4) is 0 Å². The normalized spacial score (nSPS) is 24.6. The Balaban J connectivity index is 0.856. The monoisotopic (exact) mass is 1070 g/mol. The van der Waals surface area contributed by atoms with Crippen LogP contribution in [0.5, 0.6) is 0 Å². The molecule has 21 heteroatoms. The number of benzene rings is 3. The first kappa shape index (κ1) is 55.4. The summed E-state index contributed by atoms with van der Waals surface area (Å²) in [6.45, 7) is 5.65. The Bertz CT molecular complexity index is 2810. The zero-order valence-electron chi connectivity index (χ0n) is 45.2. The summed E-state index contributed by atoms with van der Waals surface area (Å²) >= 11 is 0. The molecule has 414 valence electrons. The number of hydrogen-bond donors (Lipinski definition) is 6. The summed E-state index contributed by atoms with van der Waals surface area (Å²) in [6, 6.07) is 23.4. The minimum Gasteiger partial charge on any atom is -0.369 e. The van der Waals surface area contributed by atoms with E-state index < -0.39 is 42.3 Å². The minimum atomic E-state index is -0.861. The van der Waals surface area contributed by atoms with Crippen LogP contribution in [0.2, 0.25) is 0 Å². The fraction of sp³-hybridized carbons (Fsp3) is 0.509. The Kier molecular flexibility index (Phi) is 18.0. The lowest BCUT2D eigenvalue weighted by Crippen LogP contribution is -2.58. The molecule has 2 aromatic heterocycles. The van der Waals surface area contributed by atoms with Gasteiger partial charge < -0.3 is 46.4 Å². The van der Waals surface area contributed by atoms with E-state index in [1.54, 1.807) is 37.7 Å². The second-order valence-corrected chi connectivity index (χ2v) is 21.3. The lowest BCUT2D eigenvalue weighted by Gasteiger charge is -2.38. The molecular weight excluding hydrogens is 993 g/mol. The topological polar surface area (TPSA) is 252 Å². The Morgan fingerprint density at radius 2 is 0.936 bits per heavy atom. The Hall–Kier alpha value is -7.36. The van der Waals surface area contributed by atoms with Crippen molar-refractivity contribution in [1.29, 1.82) is 0 Å². The molecule has 4 aliphatic heterocycles. The Morgan fingerprint density at radius 1 is 0.538 bits per heavy atom. The highest BCUT2D eigenvalue weighted by Gasteiger charge is 2.48. The van der Waals surface area contributed by atoms with E-state index in [0.717, 1.165) is 16.7 Å². The quantitative estimate of drug-likeness (QED) is 0.0691. The number of nitrogens with zero attached hydrogens (tertiary/aromatic N) is 8. The van der Waals surface area contributed by atoms with Gasteiger partial charge in [-0.2, -0.15) is 0 Å². The average molecular weight is 1070 g/mol. The molecule has 0 radical (unpaired) electrons. The van der Waals surface area contributed by atoms with Crippen LogP contribution in [0.1, 0.15) is 137 Å². The van der Waals surface area contributed by atoms with Crippen LogP contribution in [0.4, 0.5) is 0 Å². The highest BCUT2D eigenvalue weighted by molar-refractivity contribution is 5.95. The molecule has 0 spiro atoms. The Morgan fingerprint density at radius 3 is 1.36 bits per heavy atom. The van der Waals surface area contributed by atoms with E-state index in [-0.39, 0.29) is 78.9 Å². The predicted octanol–water partition coefficient (Wildman–Crippen LogP) is 3.72. The first-order valence-electron chi connectivity index (χ1n) is 27.5. The first-order chi connectivity index (χ1) is 37.8. The number of likely N-dealkylation sites (N-methyl/N-ethyl adjacent to an activating group) is 2. The average Bonchev–Trinajstić information content (AvgIpc) is 4.34. The van der Waals surface area contributed by atoms with Crippen molar-refractivity contribution in [2.24, 2.45) is 0 Å². The van der Waals surface area contributed by atoms with E-state index in [1.165, 1.54) is 0 Å². The molecule has 1 unspecified atom stereocenters. The molecule has 11 atom stereocenters. The van der Waals surface area contributed by atoms with Crippen molar-refractivity contribution in [2.75, 3.05) is 14.1 Å². The van der Waals surface area contributed by atoms with Crippen LogP contribution in [0, 0.1) is 0 Å². The molecule has 6 N–H and O–H groups in total. The van der Waals surface area contributed by atoms with Gasteiger partial charge in [-0.05, 0) is 116 Å². The van der Waals surface area contributed by atoms with Gasteiger partial charge in [0.1, 0.15) is 35.6 Å². The second-order valence-electron chi connectivity index (χ2n) is 21.3. The number of nitrogens with one attached hydrogen (secondary N) is 6. The van der Waals surface area contributed by atoms with E-state index in [0.29, 0.717) is 75.6 Å². The van der Waals surface area contributed by atoms with Crippen LogP contribution in [-0.2, 0) is 46.7 Å². The van der Waals surface area contributed by atoms with E-state index in [4.69, 9.17) is 4.74 Å². The standard InChI is InChI=1S/C57H74N14O7/c1-35(38-15-9-6-10-16-38)60-54(74)49-27-23-45-29-43(21-25-47(56(76)70(45)49)61-52(72)36(2)58-4)68-31-41(64-66-68)33-78-34-42-32-69(67-65-42)44-22-26-48(62-53(73)37(3)59-5)57(77)71-46(30-44)24-28-50(71)55(75)63-51(39-17-11-7-12-18-39)40-19-13-8-14-20-40/h6-20,31-32,35-37,43-51,58-59H,21-30,33-34H2,1-5H3,(H,60,74)(H,61,72)(H,62,73)(H,63,75)/t35?,36-,37-,43+,44+,45+,46+,47-,48-,49-,50-/m0/s1. The third kappa shape index (κ3) is 12.8. The highest BCUT2D eigenvalue weighted by Crippen LogP contribution is 2.38. The minimum absolute atomic E-state index is 0.127. The fourth-order valence-electron chi connectivity index (χ4n) is 11.6. The van der Waals surface area contributed by atoms with Crippen LogP contribution in [0.25, 0.3) is 0 Å². The number of carbonyl (C=O) groups excluding carboxylic acids is 6. The summed E-state index contributed by atoms with van der Waals surface area (Å²) in [7, 11) is 3.38. The number of hydrogen-bond acceptors (Lipinski definition) is 13. The highest BCUT2D eigenvalue weighted by atomic mass is 16.5. The Labute approximate surface area is 455 Å². The predicted molar refractivity (Wildman–Crippen MR) is 288 cm³/mol. The third-order valence-electron chi connectivity index (χ3n) is 16.2. The fourth-order valence-corrected chi connectivity index (χ4v) is 11.6. The van der Waals surface area contributed by atoms with Gasteiger partial charge in [0.05, 0.1) is 61.9 Å². The van der Waals surface area contributed by atoms with E-state index in [1.807, 2.05) is 120 Å². The molecule has 4 saturated heterocycles. The molecule has 0 saturated carbocycles. The second kappa shape index (κ2) is 25.4. The molecule has 0 aliphatic carbocycles. The lowest BCUT2D eigenvalue weighted by molar-refractivity contribution is -0.145. The number of fused-ring (bicyclic) bond motifs is 2. The number of rotatable bonds is 19. The molecule has 78 heavy (non-hydrogen) atoms. The van der Waals surface area contributed by atoms with Crippen molar-refractivity contribution >= 4 is 35.4 Å². The zero-order chi connectivity index (χ0) is 54.9. The van der Waals surface area contributed by atoms with Gasteiger partial charge in [0, 0.05) is 12.1 Å². The van der Waals surface area contributed by atoms with Gasteiger partial charge in [-0.25, -0.2) is 9.36 Å². The maximum Gasteiger partial charge on any atom is 0.246 e. The molecule has 6 amide bonds. The summed E-state index contributed by atoms with van der Waals surface area (Å²) in [4.78, 5) is 87.3. The maximum absolute atomic E-state index is 14.6. The zero-order valence-corrected chi connectivity index (χ0v) is 45.2. The van der Waals surface area contributed by atoms with Crippen LogP contribution in [-0.4, -0.2) is 138 Å². The summed E-state index contributed by atoms with van der Waals surface area (Å²) in [6.07, 6.45) is 8.68. The van der Waals surface area contributed by atoms with Crippen molar-refractivity contribution < 1.29 is 33.5 Å². The molecular formula is C57H74N14O7. The molecule has 0 bridgehead atoms.